The lowest BCUT2D eigenvalue weighted by Gasteiger charge is -2.07. The van der Waals surface area contributed by atoms with Gasteiger partial charge in [0.15, 0.2) is 0 Å². The van der Waals surface area contributed by atoms with Gasteiger partial charge in [0.25, 0.3) is 0 Å². The molecule has 3 rings (SSSR count). The number of nitrogens with two attached hydrogens (primary N) is 1. The van der Waals surface area contributed by atoms with Crippen LogP contribution < -0.4 is 5.73 Å². The predicted octanol–water partition coefficient (Wildman–Crippen LogP) is 5.67. The Morgan fingerprint density at radius 3 is 1.87 bits per heavy atom. The monoisotopic (exact) mass is 363 g/mol. The Kier molecular flexibility index (Phi) is 4.31. The first-order chi connectivity index (χ1) is 11.0. The van der Waals surface area contributed by atoms with Gasteiger partial charge in [-0.05, 0) is 35.4 Å². The summed E-state index contributed by atoms with van der Waals surface area (Å²) in [5.74, 6) is -1.05. The predicted molar refractivity (Wildman–Crippen MR) is 96.6 cm³/mol. The van der Waals surface area contributed by atoms with Gasteiger partial charge >= 0.3 is 5.97 Å². The molecule has 2 aromatic carbocycles. The van der Waals surface area contributed by atoms with Crippen molar-refractivity contribution in [3.63, 3.8) is 0 Å². The van der Waals surface area contributed by atoms with Gasteiger partial charge in [0.05, 0.1) is 0 Å². The first kappa shape index (κ1) is 15.9. The van der Waals surface area contributed by atoms with Gasteiger partial charge in [0.1, 0.15) is 10.6 Å². The first-order valence-electron chi connectivity index (χ1n) is 6.65. The maximum absolute atomic E-state index is 11.7. The molecule has 6 heteroatoms. The van der Waals surface area contributed by atoms with Crippen LogP contribution in [0.2, 0.25) is 10.0 Å². The Bertz CT molecular complexity index is 871. The van der Waals surface area contributed by atoms with Crippen LogP contribution in [0.15, 0.2) is 48.5 Å². The number of hydrogen-bond acceptors (Lipinski definition) is 3. The number of carboxylic acids is 1. The fourth-order valence-electron chi connectivity index (χ4n) is 2.36. The molecule has 0 fully saturated rings. The molecular formula is C17H11Cl2NO2S. The van der Waals surface area contributed by atoms with Crippen molar-refractivity contribution in [2.45, 2.75) is 0 Å². The molecule has 1 heterocycles. The molecule has 0 saturated carbocycles. The molecule has 3 aromatic rings. The van der Waals surface area contributed by atoms with Crippen molar-refractivity contribution in [3.05, 3.63) is 64.1 Å². The van der Waals surface area contributed by atoms with Crippen molar-refractivity contribution >= 4 is 45.5 Å². The van der Waals surface area contributed by atoms with Crippen LogP contribution in [0.25, 0.3) is 21.6 Å². The van der Waals surface area contributed by atoms with E-state index in [1.165, 1.54) is 11.3 Å². The van der Waals surface area contributed by atoms with Gasteiger partial charge < -0.3 is 10.8 Å². The van der Waals surface area contributed by atoms with Crippen molar-refractivity contribution in [1.82, 2.24) is 0 Å². The maximum atomic E-state index is 11.7. The molecule has 0 aliphatic carbocycles. The van der Waals surface area contributed by atoms with Crippen molar-refractivity contribution in [2.24, 2.45) is 0 Å². The van der Waals surface area contributed by atoms with Crippen LogP contribution in [0.3, 0.4) is 0 Å². The maximum Gasteiger partial charge on any atom is 0.339 e. The van der Waals surface area contributed by atoms with E-state index < -0.39 is 5.97 Å². The van der Waals surface area contributed by atoms with E-state index in [4.69, 9.17) is 28.9 Å². The summed E-state index contributed by atoms with van der Waals surface area (Å²) in [6.45, 7) is 0. The number of carboxylic acid groups (broad SMARTS) is 1. The normalized spacial score (nSPS) is 10.7. The van der Waals surface area contributed by atoms with Gasteiger partial charge in [0, 0.05) is 20.5 Å². The second-order valence-corrected chi connectivity index (χ2v) is 6.79. The molecule has 3 N–H and O–H groups in total. The Labute approximate surface area is 146 Å². The van der Waals surface area contributed by atoms with E-state index in [2.05, 4.69) is 0 Å². The third-order valence-corrected chi connectivity index (χ3v) is 4.96. The third kappa shape index (κ3) is 3.06. The lowest BCUT2D eigenvalue weighted by molar-refractivity contribution is 0.0699. The lowest BCUT2D eigenvalue weighted by atomic mass is 9.98. The lowest BCUT2D eigenvalue weighted by Crippen LogP contribution is -2.00. The smallest absolute Gasteiger partial charge is 0.339 e. The zero-order valence-electron chi connectivity index (χ0n) is 11.7. The summed E-state index contributed by atoms with van der Waals surface area (Å²) in [4.78, 5) is 12.5. The van der Waals surface area contributed by atoms with Crippen LogP contribution in [-0.4, -0.2) is 11.1 Å². The molecule has 3 nitrogen and oxygen atoms in total. The highest BCUT2D eigenvalue weighted by Crippen LogP contribution is 2.45. The number of aromatic carboxylic acids is 1. The number of benzene rings is 2. The number of thiophene rings is 1. The minimum atomic E-state index is -1.05. The zero-order chi connectivity index (χ0) is 16.6. The van der Waals surface area contributed by atoms with Crippen LogP contribution in [-0.2, 0) is 0 Å². The zero-order valence-corrected chi connectivity index (χ0v) is 14.0. The quantitative estimate of drug-likeness (QED) is 0.629. The summed E-state index contributed by atoms with van der Waals surface area (Å²) in [6.07, 6.45) is 0. The number of rotatable bonds is 3. The average Bonchev–Trinajstić information content (AvgIpc) is 2.86. The second kappa shape index (κ2) is 6.24. The van der Waals surface area contributed by atoms with Crippen LogP contribution in [0.1, 0.15) is 10.4 Å². The number of anilines is 1. The standard InChI is InChI=1S/C17H11Cl2NO2S/c18-11-5-1-9(2-6-11)13-14(17(21)22)16(20)23-15(13)10-3-7-12(19)8-4-10/h1-8H,20H2,(H,21,22). The molecule has 0 unspecified atom stereocenters. The van der Waals surface area contributed by atoms with Crippen LogP contribution in [0.5, 0.6) is 0 Å². The van der Waals surface area contributed by atoms with Crippen molar-refractivity contribution in [2.75, 3.05) is 5.73 Å². The summed E-state index contributed by atoms with van der Waals surface area (Å²) in [5, 5.41) is 11.0. The van der Waals surface area contributed by atoms with E-state index >= 15 is 0 Å². The molecule has 0 saturated heterocycles. The molecule has 116 valence electrons. The molecular weight excluding hydrogens is 353 g/mol. The SMILES string of the molecule is Nc1sc(-c2ccc(Cl)cc2)c(-c2ccc(Cl)cc2)c1C(=O)O. The van der Waals surface area contributed by atoms with E-state index in [0.29, 0.717) is 15.6 Å². The van der Waals surface area contributed by atoms with Crippen LogP contribution in [0.4, 0.5) is 5.00 Å². The minimum absolute atomic E-state index is 0.113. The van der Waals surface area contributed by atoms with Crippen LogP contribution in [0, 0.1) is 0 Å². The van der Waals surface area contributed by atoms with Crippen molar-refractivity contribution in [3.8, 4) is 21.6 Å². The second-order valence-electron chi connectivity index (χ2n) is 4.86. The van der Waals surface area contributed by atoms with Crippen molar-refractivity contribution < 1.29 is 9.90 Å². The molecule has 0 aliphatic rings. The number of halogens is 2. The van der Waals surface area contributed by atoms with Gasteiger partial charge in [-0.15, -0.1) is 11.3 Å². The number of hydrogen-bond donors (Lipinski definition) is 2. The van der Waals surface area contributed by atoms with Gasteiger partial charge in [-0.3, -0.25) is 0 Å². The van der Waals surface area contributed by atoms with Crippen molar-refractivity contribution in [1.29, 1.82) is 0 Å². The van der Waals surface area contributed by atoms with Gasteiger partial charge in [-0.2, -0.15) is 0 Å². The molecule has 0 amide bonds. The van der Waals surface area contributed by atoms with E-state index in [0.717, 1.165) is 16.0 Å². The van der Waals surface area contributed by atoms with E-state index in [1.807, 2.05) is 12.1 Å². The summed E-state index contributed by atoms with van der Waals surface area (Å²) in [5.41, 5.74) is 8.29. The van der Waals surface area contributed by atoms with E-state index in [9.17, 15) is 9.90 Å². The molecule has 0 bridgehead atoms. The Hall–Kier alpha value is -2.01. The average molecular weight is 364 g/mol. The largest absolute Gasteiger partial charge is 0.478 e. The van der Waals surface area contributed by atoms with Gasteiger partial charge in [-0.25, -0.2) is 4.79 Å². The summed E-state index contributed by atoms with van der Waals surface area (Å²) < 4.78 is 0. The fourth-order valence-corrected chi connectivity index (χ4v) is 3.70. The Morgan fingerprint density at radius 1 is 0.913 bits per heavy atom. The van der Waals surface area contributed by atoms with Gasteiger partial charge in [-0.1, -0.05) is 47.5 Å². The fraction of sp³-hybridized carbons (Fsp3) is 0. The minimum Gasteiger partial charge on any atom is -0.478 e. The summed E-state index contributed by atoms with van der Waals surface area (Å²) >= 11 is 13.1. The van der Waals surface area contributed by atoms with E-state index in [1.54, 1.807) is 36.4 Å². The Balaban J connectivity index is 2.28. The highest BCUT2D eigenvalue weighted by molar-refractivity contribution is 7.20. The van der Waals surface area contributed by atoms with Gasteiger partial charge in [0.2, 0.25) is 0 Å². The third-order valence-electron chi connectivity index (χ3n) is 3.39. The molecule has 1 aromatic heterocycles. The first-order valence-corrected chi connectivity index (χ1v) is 8.22. The summed E-state index contributed by atoms with van der Waals surface area (Å²) in [7, 11) is 0. The summed E-state index contributed by atoms with van der Waals surface area (Å²) in [6, 6.07) is 14.2. The highest BCUT2D eigenvalue weighted by Gasteiger charge is 2.24. The van der Waals surface area contributed by atoms with E-state index in [-0.39, 0.29) is 10.6 Å². The molecule has 0 atom stereocenters. The topological polar surface area (TPSA) is 63.3 Å². The molecule has 0 radical (unpaired) electrons. The van der Waals surface area contributed by atoms with Crippen LogP contribution >= 0.6 is 34.5 Å². The Morgan fingerprint density at radius 2 is 1.39 bits per heavy atom. The highest BCUT2D eigenvalue weighted by atomic mass is 35.5. The number of nitrogen functional groups attached to an aromatic ring is 1. The molecule has 23 heavy (non-hydrogen) atoms. The molecule has 0 aliphatic heterocycles. The molecule has 0 spiro atoms. The number of carbonyl (C=O) groups is 1.